The van der Waals surface area contributed by atoms with Gasteiger partial charge in [0.2, 0.25) is 0 Å². The third-order valence-corrected chi connectivity index (χ3v) is 4.14. The first-order valence-corrected chi connectivity index (χ1v) is 10.8. The van der Waals surface area contributed by atoms with Crippen LogP contribution in [0.5, 0.6) is 0 Å². The minimum absolute atomic E-state index is 0.747. The second-order valence-corrected chi connectivity index (χ2v) is 6.49. The summed E-state index contributed by atoms with van der Waals surface area (Å²) in [4.78, 5) is 0. The molecule has 2 aromatic rings. The van der Waals surface area contributed by atoms with E-state index in [1.807, 2.05) is 51.1 Å². The molecule has 0 spiro atoms. The largest absolute Gasteiger partial charge is 0.360 e. The number of allylic oxidation sites excluding steroid dienone is 1. The molecule has 0 aliphatic carbocycles. The maximum absolute atomic E-state index is 5.70. The molecule has 0 fully saturated rings. The second kappa shape index (κ2) is 19.1. The van der Waals surface area contributed by atoms with Crippen molar-refractivity contribution in [3.05, 3.63) is 96.2 Å². The summed E-state index contributed by atoms with van der Waals surface area (Å²) in [6, 6.07) is 14.0. The van der Waals surface area contributed by atoms with Crippen molar-refractivity contribution < 1.29 is 0 Å². The third-order valence-electron chi connectivity index (χ3n) is 3.89. The van der Waals surface area contributed by atoms with Crippen molar-refractivity contribution in [3.8, 4) is 0 Å². The quantitative estimate of drug-likeness (QED) is 0.445. The summed E-state index contributed by atoms with van der Waals surface area (Å²) in [6.45, 7) is 24.0. The average molecular weight is 414 g/mol. The van der Waals surface area contributed by atoms with E-state index in [9.17, 15) is 0 Å². The highest BCUT2D eigenvalue weighted by Crippen LogP contribution is 2.19. The van der Waals surface area contributed by atoms with Crippen LogP contribution in [0.4, 0.5) is 5.69 Å². The molecule has 160 valence electrons. The Hall–Kier alpha value is -2.25. The fourth-order valence-corrected chi connectivity index (χ4v) is 2.74. The fraction of sp³-hybridized carbons (Fsp3) is 0.333. The number of halogens is 1. The number of hydrogen-bond donors (Lipinski definition) is 1. The molecule has 0 heterocycles. The standard InChI is InChI=1S/C14H20.C9H10ClN.C2H6.C2H4/c1-4-7-11-14-12(5-2)9-8-10-13(14)6-3;1-7(2)11-9-5-3-8(10)4-6-9;2*1-2/h5,8-10H,2,4,6-7,11H2,1,3H3;3-6,11H,1H2,2H3;1-2H3;1-2H2. The van der Waals surface area contributed by atoms with E-state index >= 15 is 0 Å². The molecule has 29 heavy (non-hydrogen) atoms. The Morgan fingerprint density at radius 1 is 1.03 bits per heavy atom. The first-order valence-electron chi connectivity index (χ1n) is 10.4. The highest BCUT2D eigenvalue weighted by Gasteiger charge is 2.03. The number of unbranched alkanes of at least 4 members (excludes halogenated alkanes) is 1. The van der Waals surface area contributed by atoms with Gasteiger partial charge in [0, 0.05) is 16.4 Å². The second-order valence-electron chi connectivity index (χ2n) is 6.06. The van der Waals surface area contributed by atoms with E-state index < -0.39 is 0 Å². The summed E-state index contributed by atoms with van der Waals surface area (Å²) in [5.74, 6) is 0. The van der Waals surface area contributed by atoms with Crippen LogP contribution in [0.25, 0.3) is 6.08 Å². The van der Waals surface area contributed by atoms with Crippen molar-refractivity contribution in [1.29, 1.82) is 0 Å². The minimum Gasteiger partial charge on any atom is -0.360 e. The first-order chi connectivity index (χ1) is 14.0. The lowest BCUT2D eigenvalue weighted by atomic mass is 9.95. The van der Waals surface area contributed by atoms with Crippen LogP contribution in [0.3, 0.4) is 0 Å². The van der Waals surface area contributed by atoms with Gasteiger partial charge in [-0.15, -0.1) is 13.2 Å². The molecule has 1 N–H and O–H groups in total. The number of rotatable bonds is 7. The Morgan fingerprint density at radius 3 is 2.07 bits per heavy atom. The van der Waals surface area contributed by atoms with E-state index in [0.29, 0.717) is 0 Å². The molecule has 0 aromatic heterocycles. The summed E-state index contributed by atoms with van der Waals surface area (Å²) >= 11 is 5.70. The average Bonchev–Trinajstić information content (AvgIpc) is 2.76. The summed E-state index contributed by atoms with van der Waals surface area (Å²) in [6.07, 6.45) is 6.83. The third kappa shape index (κ3) is 12.8. The number of nitrogens with one attached hydrogen (secondary N) is 1. The molecule has 1 nitrogen and oxygen atoms in total. The van der Waals surface area contributed by atoms with Gasteiger partial charge in [-0.2, -0.15) is 0 Å². The van der Waals surface area contributed by atoms with Crippen LogP contribution < -0.4 is 5.32 Å². The van der Waals surface area contributed by atoms with Crippen LogP contribution in [-0.2, 0) is 12.8 Å². The van der Waals surface area contributed by atoms with Crippen LogP contribution >= 0.6 is 11.6 Å². The van der Waals surface area contributed by atoms with Gasteiger partial charge < -0.3 is 5.32 Å². The predicted molar refractivity (Wildman–Crippen MR) is 137 cm³/mol. The van der Waals surface area contributed by atoms with Crippen molar-refractivity contribution >= 4 is 23.4 Å². The summed E-state index contributed by atoms with van der Waals surface area (Å²) in [5.41, 5.74) is 6.25. The molecule has 2 heteroatoms. The Balaban J connectivity index is 0. The SMILES string of the molecule is C=C.C=C(C)Nc1ccc(Cl)cc1.C=Cc1cccc(CC)c1CCCC.CC. The Morgan fingerprint density at radius 2 is 1.62 bits per heavy atom. The van der Waals surface area contributed by atoms with Gasteiger partial charge in [-0.05, 0) is 67.1 Å². The van der Waals surface area contributed by atoms with Crippen molar-refractivity contribution in [2.24, 2.45) is 0 Å². The van der Waals surface area contributed by atoms with Gasteiger partial charge in [0.25, 0.3) is 0 Å². The smallest absolute Gasteiger partial charge is 0.0407 e. The molecule has 0 bridgehead atoms. The number of anilines is 1. The minimum atomic E-state index is 0.747. The van der Waals surface area contributed by atoms with E-state index in [4.69, 9.17) is 11.6 Å². The molecule has 0 atom stereocenters. The number of hydrogen-bond acceptors (Lipinski definition) is 1. The van der Waals surface area contributed by atoms with Gasteiger partial charge in [0.15, 0.2) is 0 Å². The molecular formula is C27H40ClN. The van der Waals surface area contributed by atoms with Crippen LogP contribution in [-0.4, -0.2) is 0 Å². The molecule has 2 aromatic carbocycles. The van der Waals surface area contributed by atoms with Gasteiger partial charge in [-0.25, -0.2) is 0 Å². The molecule has 0 aliphatic rings. The normalized spacial score (nSPS) is 8.76. The lowest BCUT2D eigenvalue weighted by Crippen LogP contribution is -1.96. The van der Waals surface area contributed by atoms with E-state index in [0.717, 1.165) is 22.8 Å². The number of benzene rings is 2. The van der Waals surface area contributed by atoms with Gasteiger partial charge in [0.1, 0.15) is 0 Å². The molecule has 0 saturated carbocycles. The van der Waals surface area contributed by atoms with Crippen molar-refractivity contribution in [2.75, 3.05) is 5.32 Å². The molecule has 2 rings (SSSR count). The lowest BCUT2D eigenvalue weighted by Gasteiger charge is -2.10. The van der Waals surface area contributed by atoms with Gasteiger partial charge in [-0.3, -0.25) is 0 Å². The van der Waals surface area contributed by atoms with Crippen LogP contribution in [0.15, 0.2) is 74.5 Å². The maximum Gasteiger partial charge on any atom is 0.0407 e. The van der Waals surface area contributed by atoms with Gasteiger partial charge in [0.05, 0.1) is 0 Å². The van der Waals surface area contributed by atoms with E-state index in [1.54, 1.807) is 0 Å². The van der Waals surface area contributed by atoms with Gasteiger partial charge >= 0.3 is 0 Å². The molecule has 0 aliphatic heterocycles. The van der Waals surface area contributed by atoms with Crippen LogP contribution in [0, 0.1) is 0 Å². The summed E-state index contributed by atoms with van der Waals surface area (Å²) in [7, 11) is 0. The van der Waals surface area contributed by atoms with Crippen LogP contribution in [0.1, 0.15) is 64.2 Å². The zero-order valence-electron chi connectivity index (χ0n) is 19.2. The first kappa shape index (κ1) is 29.0. The van der Waals surface area contributed by atoms with Crippen molar-refractivity contribution in [3.63, 3.8) is 0 Å². The van der Waals surface area contributed by atoms with Crippen LogP contribution in [0.2, 0.25) is 5.02 Å². The molecular weight excluding hydrogens is 374 g/mol. The molecule has 0 amide bonds. The molecule has 0 saturated heterocycles. The summed E-state index contributed by atoms with van der Waals surface area (Å²) in [5, 5.41) is 3.83. The Bertz CT molecular complexity index is 686. The monoisotopic (exact) mass is 413 g/mol. The highest BCUT2D eigenvalue weighted by atomic mass is 35.5. The van der Waals surface area contributed by atoms with Gasteiger partial charge in [-0.1, -0.05) is 83.1 Å². The van der Waals surface area contributed by atoms with Crippen molar-refractivity contribution in [1.82, 2.24) is 0 Å². The van der Waals surface area contributed by atoms with E-state index in [1.165, 1.54) is 36.0 Å². The predicted octanol–water partition coefficient (Wildman–Crippen LogP) is 9.35. The molecule has 0 radical (unpaired) electrons. The highest BCUT2D eigenvalue weighted by molar-refractivity contribution is 6.30. The van der Waals surface area contributed by atoms with E-state index in [2.05, 4.69) is 63.7 Å². The van der Waals surface area contributed by atoms with Crippen molar-refractivity contribution in [2.45, 2.75) is 60.3 Å². The molecule has 0 unspecified atom stereocenters. The summed E-state index contributed by atoms with van der Waals surface area (Å²) < 4.78 is 0. The Kier molecular flexibility index (Phi) is 19.1. The maximum atomic E-state index is 5.70. The zero-order valence-corrected chi connectivity index (χ0v) is 19.9. The van der Waals surface area contributed by atoms with E-state index in [-0.39, 0.29) is 0 Å². The zero-order chi connectivity index (χ0) is 22.7. The number of aryl methyl sites for hydroxylation is 1. The lowest BCUT2D eigenvalue weighted by molar-refractivity contribution is 0.786. The Labute approximate surface area is 185 Å². The fourth-order valence-electron chi connectivity index (χ4n) is 2.62. The topological polar surface area (TPSA) is 12.0 Å².